The molecule has 21 heavy (non-hydrogen) atoms. The SMILES string of the molecule is CC(=O)c1ccccc1NC(=S)Nc1ccc(Cl)cc1Cl. The second kappa shape index (κ2) is 6.89. The largest absolute Gasteiger partial charge is 0.332 e. The van der Waals surface area contributed by atoms with E-state index in [0.717, 1.165) is 0 Å². The van der Waals surface area contributed by atoms with Crippen molar-refractivity contribution in [3.63, 3.8) is 0 Å². The molecule has 0 heterocycles. The van der Waals surface area contributed by atoms with Gasteiger partial charge in [-0.2, -0.15) is 0 Å². The van der Waals surface area contributed by atoms with E-state index in [9.17, 15) is 4.79 Å². The normalized spacial score (nSPS) is 10.0. The molecule has 2 N–H and O–H groups in total. The summed E-state index contributed by atoms with van der Waals surface area (Å²) in [5, 5.41) is 7.31. The van der Waals surface area contributed by atoms with Crippen LogP contribution < -0.4 is 10.6 Å². The third kappa shape index (κ3) is 4.17. The molecule has 0 aliphatic carbocycles. The maximum absolute atomic E-state index is 11.6. The molecule has 0 amide bonds. The Bertz CT molecular complexity index is 704. The second-order valence-electron chi connectivity index (χ2n) is 4.31. The highest BCUT2D eigenvalue weighted by Crippen LogP contribution is 2.25. The average molecular weight is 339 g/mol. The number of thiocarbonyl (C=S) groups is 1. The molecule has 6 heteroatoms. The Balaban J connectivity index is 2.14. The van der Waals surface area contributed by atoms with Gasteiger partial charge in [0.05, 0.1) is 16.4 Å². The maximum atomic E-state index is 11.6. The number of carbonyl (C=O) groups is 1. The summed E-state index contributed by atoms with van der Waals surface area (Å²) in [5.41, 5.74) is 1.86. The number of carbonyl (C=O) groups excluding carboxylic acids is 1. The van der Waals surface area contributed by atoms with Gasteiger partial charge < -0.3 is 10.6 Å². The van der Waals surface area contributed by atoms with Crippen molar-refractivity contribution in [1.82, 2.24) is 0 Å². The van der Waals surface area contributed by atoms with E-state index in [0.29, 0.717) is 32.1 Å². The predicted octanol–water partition coefficient (Wildman–Crippen LogP) is 5.00. The predicted molar refractivity (Wildman–Crippen MR) is 92.8 cm³/mol. The molecular formula is C15H12Cl2N2OS. The molecule has 0 saturated carbocycles. The molecule has 0 aromatic heterocycles. The van der Waals surface area contributed by atoms with E-state index in [-0.39, 0.29) is 5.78 Å². The lowest BCUT2D eigenvalue weighted by atomic mass is 10.1. The van der Waals surface area contributed by atoms with E-state index < -0.39 is 0 Å². The highest BCUT2D eigenvalue weighted by Gasteiger charge is 2.08. The zero-order valence-electron chi connectivity index (χ0n) is 11.1. The number of para-hydroxylation sites is 1. The first kappa shape index (κ1) is 15.8. The summed E-state index contributed by atoms with van der Waals surface area (Å²) in [7, 11) is 0. The summed E-state index contributed by atoms with van der Waals surface area (Å²) in [6.07, 6.45) is 0. The van der Waals surface area contributed by atoms with Crippen LogP contribution in [0.2, 0.25) is 10.0 Å². The van der Waals surface area contributed by atoms with Crippen molar-refractivity contribution in [3.05, 3.63) is 58.1 Å². The molecule has 108 valence electrons. The quantitative estimate of drug-likeness (QED) is 0.610. The Labute approximate surface area is 138 Å². The number of nitrogens with one attached hydrogen (secondary N) is 2. The van der Waals surface area contributed by atoms with Crippen molar-refractivity contribution >= 4 is 57.7 Å². The Kier molecular flexibility index (Phi) is 5.17. The van der Waals surface area contributed by atoms with Crippen molar-refractivity contribution in [1.29, 1.82) is 0 Å². The van der Waals surface area contributed by atoms with E-state index >= 15 is 0 Å². The summed E-state index contributed by atoms with van der Waals surface area (Å²) in [5.74, 6) is -0.0366. The summed E-state index contributed by atoms with van der Waals surface area (Å²) >= 11 is 17.1. The number of anilines is 2. The van der Waals surface area contributed by atoms with Crippen LogP contribution in [0.1, 0.15) is 17.3 Å². The van der Waals surface area contributed by atoms with Gasteiger partial charge in [-0.25, -0.2) is 0 Å². The first-order valence-electron chi connectivity index (χ1n) is 6.10. The van der Waals surface area contributed by atoms with Gasteiger partial charge in [-0.1, -0.05) is 35.3 Å². The van der Waals surface area contributed by atoms with Crippen LogP contribution in [0.4, 0.5) is 11.4 Å². The minimum atomic E-state index is -0.0366. The van der Waals surface area contributed by atoms with Crippen molar-refractivity contribution in [2.24, 2.45) is 0 Å². The fourth-order valence-electron chi connectivity index (χ4n) is 1.77. The molecule has 0 saturated heterocycles. The van der Waals surface area contributed by atoms with E-state index in [2.05, 4.69) is 10.6 Å². The summed E-state index contributed by atoms with van der Waals surface area (Å²) in [6.45, 7) is 1.51. The smallest absolute Gasteiger partial charge is 0.175 e. The number of benzene rings is 2. The molecule has 0 aliphatic heterocycles. The lowest BCUT2D eigenvalue weighted by Crippen LogP contribution is -2.20. The lowest BCUT2D eigenvalue weighted by Gasteiger charge is -2.13. The monoisotopic (exact) mass is 338 g/mol. The first-order chi connectivity index (χ1) is 9.97. The number of hydrogen-bond donors (Lipinski definition) is 2. The lowest BCUT2D eigenvalue weighted by molar-refractivity contribution is 0.101. The van der Waals surface area contributed by atoms with Gasteiger partial charge in [-0.3, -0.25) is 4.79 Å². The molecule has 2 aromatic carbocycles. The van der Waals surface area contributed by atoms with Gasteiger partial charge >= 0.3 is 0 Å². The summed E-state index contributed by atoms with van der Waals surface area (Å²) in [6, 6.07) is 12.2. The van der Waals surface area contributed by atoms with Crippen molar-refractivity contribution in [2.45, 2.75) is 6.92 Å². The third-order valence-corrected chi connectivity index (χ3v) is 3.49. The van der Waals surface area contributed by atoms with Crippen LogP contribution in [0.5, 0.6) is 0 Å². The minimum absolute atomic E-state index is 0.0366. The molecule has 2 aromatic rings. The molecule has 0 bridgehead atoms. The highest BCUT2D eigenvalue weighted by molar-refractivity contribution is 7.80. The van der Waals surface area contributed by atoms with Crippen LogP contribution in [0.25, 0.3) is 0 Å². The van der Waals surface area contributed by atoms with E-state index in [1.807, 2.05) is 6.07 Å². The average Bonchev–Trinajstić information content (AvgIpc) is 2.42. The van der Waals surface area contributed by atoms with Gasteiger partial charge in [0.1, 0.15) is 0 Å². The molecule has 0 radical (unpaired) electrons. The topological polar surface area (TPSA) is 41.1 Å². The molecule has 2 rings (SSSR count). The van der Waals surface area contributed by atoms with Crippen molar-refractivity contribution < 1.29 is 4.79 Å². The Morgan fingerprint density at radius 3 is 2.38 bits per heavy atom. The van der Waals surface area contributed by atoms with E-state index in [1.165, 1.54) is 6.92 Å². The van der Waals surface area contributed by atoms with Gasteiger partial charge in [0, 0.05) is 10.6 Å². The molecule has 0 fully saturated rings. The fourth-order valence-corrected chi connectivity index (χ4v) is 2.44. The summed E-state index contributed by atoms with van der Waals surface area (Å²) < 4.78 is 0. The number of rotatable bonds is 3. The first-order valence-corrected chi connectivity index (χ1v) is 7.27. The number of Topliss-reactive ketones (excluding diaryl/α,β-unsaturated/α-hetero) is 1. The zero-order valence-corrected chi connectivity index (χ0v) is 13.4. The van der Waals surface area contributed by atoms with Crippen molar-refractivity contribution in [3.8, 4) is 0 Å². The third-order valence-electron chi connectivity index (χ3n) is 2.73. The molecule has 0 spiro atoms. The van der Waals surface area contributed by atoms with Crippen LogP contribution in [-0.4, -0.2) is 10.9 Å². The van der Waals surface area contributed by atoms with Gasteiger partial charge in [0.15, 0.2) is 10.9 Å². The second-order valence-corrected chi connectivity index (χ2v) is 5.56. The fraction of sp³-hybridized carbons (Fsp3) is 0.0667. The molecule has 0 unspecified atom stereocenters. The maximum Gasteiger partial charge on any atom is 0.175 e. The van der Waals surface area contributed by atoms with Gasteiger partial charge in [0.2, 0.25) is 0 Å². The van der Waals surface area contributed by atoms with Crippen LogP contribution in [0.15, 0.2) is 42.5 Å². The van der Waals surface area contributed by atoms with Crippen LogP contribution >= 0.6 is 35.4 Å². The standard InChI is InChI=1S/C15H12Cl2N2OS/c1-9(20)11-4-2-3-5-13(11)18-15(21)19-14-7-6-10(16)8-12(14)17/h2-8H,1H3,(H2,18,19,21). The Morgan fingerprint density at radius 2 is 1.71 bits per heavy atom. The molecule has 0 aliphatic rings. The number of hydrogen-bond acceptors (Lipinski definition) is 2. The van der Waals surface area contributed by atoms with Gasteiger partial charge in [-0.05, 0) is 49.5 Å². The van der Waals surface area contributed by atoms with Crippen molar-refractivity contribution in [2.75, 3.05) is 10.6 Å². The van der Waals surface area contributed by atoms with Gasteiger partial charge in [-0.15, -0.1) is 0 Å². The highest BCUT2D eigenvalue weighted by atomic mass is 35.5. The van der Waals surface area contributed by atoms with Crippen LogP contribution in [0.3, 0.4) is 0 Å². The van der Waals surface area contributed by atoms with E-state index in [4.69, 9.17) is 35.4 Å². The zero-order chi connectivity index (χ0) is 15.4. The summed E-state index contributed by atoms with van der Waals surface area (Å²) in [4.78, 5) is 11.6. The Hall–Kier alpha value is -1.62. The molecule has 0 atom stereocenters. The Morgan fingerprint density at radius 1 is 1.05 bits per heavy atom. The van der Waals surface area contributed by atoms with Crippen LogP contribution in [0, 0.1) is 0 Å². The number of ketones is 1. The van der Waals surface area contributed by atoms with Gasteiger partial charge in [0.25, 0.3) is 0 Å². The molecule has 3 nitrogen and oxygen atoms in total. The minimum Gasteiger partial charge on any atom is -0.332 e. The molecular weight excluding hydrogens is 327 g/mol. The van der Waals surface area contributed by atoms with Crippen LogP contribution in [-0.2, 0) is 0 Å². The van der Waals surface area contributed by atoms with E-state index in [1.54, 1.807) is 36.4 Å². The number of halogens is 2.